The van der Waals surface area contributed by atoms with Crippen molar-refractivity contribution in [2.24, 2.45) is 0 Å². The SMILES string of the molecule is CN(NC(=O)c1ccc2c(c1)nc(CN1CCC(c3cccc4c3OC(C)(c3ccc(Cl)cc3F)O4)CC1)n2CC1CCO1)C(=O)OC(C)(C)C. The van der Waals surface area contributed by atoms with Crippen molar-refractivity contribution in [2.75, 3.05) is 26.7 Å². The molecule has 0 bridgehead atoms. The molecule has 11 nitrogen and oxygen atoms in total. The van der Waals surface area contributed by atoms with Crippen LogP contribution in [0.1, 0.15) is 80.2 Å². The molecule has 2 amide bonds. The third-order valence-corrected chi connectivity index (χ3v) is 9.86. The van der Waals surface area contributed by atoms with E-state index in [1.165, 1.54) is 13.1 Å². The van der Waals surface area contributed by atoms with E-state index in [1.54, 1.807) is 52.0 Å². The van der Waals surface area contributed by atoms with Gasteiger partial charge in [0.25, 0.3) is 11.7 Å². The lowest BCUT2D eigenvalue weighted by Crippen LogP contribution is -2.45. The molecule has 0 radical (unpaired) electrons. The molecule has 0 aliphatic carbocycles. The Bertz CT molecular complexity index is 1970. The maximum absolute atomic E-state index is 14.9. The Labute approximate surface area is 301 Å². The summed E-state index contributed by atoms with van der Waals surface area (Å²) in [6, 6.07) is 15.8. The second-order valence-corrected chi connectivity index (χ2v) is 15.0. The van der Waals surface area contributed by atoms with Gasteiger partial charge >= 0.3 is 6.09 Å². The number of benzene rings is 3. The van der Waals surface area contributed by atoms with Crippen molar-refractivity contribution in [1.82, 2.24) is 24.9 Å². The summed E-state index contributed by atoms with van der Waals surface area (Å²) in [5, 5.41) is 1.35. The predicted octanol–water partition coefficient (Wildman–Crippen LogP) is 7.15. The summed E-state index contributed by atoms with van der Waals surface area (Å²) >= 11 is 6.00. The van der Waals surface area contributed by atoms with Gasteiger partial charge in [-0.25, -0.2) is 19.2 Å². The number of carbonyl (C=O) groups excluding carboxylic acids is 2. The second-order valence-electron chi connectivity index (χ2n) is 14.6. The highest BCUT2D eigenvalue weighted by Crippen LogP contribution is 2.50. The molecule has 51 heavy (non-hydrogen) atoms. The average molecular weight is 720 g/mol. The standard InChI is InChI=1S/C38H43ClFN5O6/c1-37(2,3)51-36(47)43(5)42-35(46)24-9-12-31-30(19-24)41-33(45(31)21-26-15-18-48-26)22-44-16-13-23(14-17-44)27-7-6-8-32-34(27)50-38(4,49-32)28-11-10-25(39)20-29(28)40/h6-12,19-20,23,26H,13-18,21-22H2,1-5H3,(H,42,46). The van der Waals surface area contributed by atoms with Gasteiger partial charge in [0.15, 0.2) is 11.5 Å². The van der Waals surface area contributed by atoms with E-state index in [0.717, 1.165) is 60.9 Å². The molecule has 3 aromatic carbocycles. The van der Waals surface area contributed by atoms with Gasteiger partial charge in [-0.2, -0.15) is 0 Å². The van der Waals surface area contributed by atoms with Crippen LogP contribution in [0.5, 0.6) is 11.5 Å². The van der Waals surface area contributed by atoms with Crippen molar-refractivity contribution in [3.8, 4) is 11.5 Å². The first-order valence-electron chi connectivity index (χ1n) is 17.3. The number of aromatic nitrogens is 2. The molecule has 7 rings (SSSR count). The molecule has 4 aromatic rings. The maximum Gasteiger partial charge on any atom is 0.428 e. The average Bonchev–Trinajstić information content (AvgIpc) is 3.58. The first kappa shape index (κ1) is 35.0. The summed E-state index contributed by atoms with van der Waals surface area (Å²) in [4.78, 5) is 32.9. The number of likely N-dealkylation sites (tertiary alicyclic amines) is 1. The number of nitrogens with one attached hydrogen (secondary N) is 1. The van der Waals surface area contributed by atoms with Crippen molar-refractivity contribution in [1.29, 1.82) is 0 Å². The maximum atomic E-state index is 14.9. The highest BCUT2D eigenvalue weighted by Gasteiger charge is 2.43. The number of nitrogens with zero attached hydrogens (tertiary/aromatic N) is 4. The van der Waals surface area contributed by atoms with Crippen LogP contribution in [0.25, 0.3) is 11.0 Å². The number of imidazole rings is 1. The molecule has 270 valence electrons. The quantitative estimate of drug-likeness (QED) is 0.201. The fourth-order valence-corrected chi connectivity index (χ4v) is 7.07. The number of halogens is 2. The molecule has 2 unspecified atom stereocenters. The zero-order valence-electron chi connectivity index (χ0n) is 29.5. The molecule has 2 saturated heterocycles. The third kappa shape index (κ3) is 7.35. The van der Waals surface area contributed by atoms with Crippen LogP contribution in [0.3, 0.4) is 0 Å². The van der Waals surface area contributed by atoms with Crippen LogP contribution < -0.4 is 14.9 Å². The Morgan fingerprint density at radius 2 is 1.86 bits per heavy atom. The molecule has 3 aliphatic rings. The van der Waals surface area contributed by atoms with Gasteiger partial charge in [-0.3, -0.25) is 15.1 Å². The van der Waals surface area contributed by atoms with Gasteiger partial charge in [0.2, 0.25) is 0 Å². The Hall–Kier alpha value is -4.39. The fourth-order valence-electron chi connectivity index (χ4n) is 6.91. The number of para-hydroxylation sites is 1. The summed E-state index contributed by atoms with van der Waals surface area (Å²) < 4.78 is 40.8. The van der Waals surface area contributed by atoms with Gasteiger partial charge in [-0.1, -0.05) is 23.7 Å². The van der Waals surface area contributed by atoms with Gasteiger partial charge < -0.3 is 23.5 Å². The number of piperidine rings is 1. The monoisotopic (exact) mass is 719 g/mol. The Morgan fingerprint density at radius 3 is 2.55 bits per heavy atom. The van der Waals surface area contributed by atoms with Crippen molar-refractivity contribution in [2.45, 2.75) is 83.5 Å². The summed E-state index contributed by atoms with van der Waals surface area (Å²) in [7, 11) is 1.45. The zero-order valence-corrected chi connectivity index (χ0v) is 30.3. The third-order valence-electron chi connectivity index (χ3n) is 9.63. The first-order valence-corrected chi connectivity index (χ1v) is 17.7. The lowest BCUT2D eigenvalue weighted by molar-refractivity contribution is -0.0712. The van der Waals surface area contributed by atoms with Crippen molar-refractivity contribution in [3.63, 3.8) is 0 Å². The molecule has 1 aromatic heterocycles. The summed E-state index contributed by atoms with van der Waals surface area (Å²) in [5.74, 6) is 0.181. The van der Waals surface area contributed by atoms with E-state index in [2.05, 4.69) is 21.0 Å². The molecule has 2 atom stereocenters. The predicted molar refractivity (Wildman–Crippen MR) is 189 cm³/mol. The molecule has 0 saturated carbocycles. The van der Waals surface area contributed by atoms with Crippen LogP contribution in [0, 0.1) is 5.82 Å². The minimum Gasteiger partial charge on any atom is -0.444 e. The second kappa shape index (κ2) is 13.6. The topological polar surface area (TPSA) is 107 Å². The highest BCUT2D eigenvalue weighted by molar-refractivity contribution is 6.30. The van der Waals surface area contributed by atoms with E-state index in [1.807, 2.05) is 18.2 Å². The van der Waals surface area contributed by atoms with E-state index in [-0.39, 0.29) is 12.0 Å². The number of hydrogen-bond acceptors (Lipinski definition) is 8. The molecular formula is C38H43ClFN5O6. The Balaban J connectivity index is 1.04. The van der Waals surface area contributed by atoms with Crippen LogP contribution in [0.2, 0.25) is 5.02 Å². The van der Waals surface area contributed by atoms with Crippen LogP contribution in [0.15, 0.2) is 54.6 Å². The van der Waals surface area contributed by atoms with E-state index < -0.39 is 29.2 Å². The van der Waals surface area contributed by atoms with Crippen LogP contribution in [-0.4, -0.2) is 69.9 Å². The van der Waals surface area contributed by atoms with Crippen molar-refractivity contribution in [3.05, 3.63) is 88.0 Å². The lowest BCUT2D eigenvalue weighted by Gasteiger charge is -2.33. The van der Waals surface area contributed by atoms with Gasteiger partial charge in [0.1, 0.15) is 17.2 Å². The molecule has 0 spiro atoms. The minimum absolute atomic E-state index is 0.117. The fraction of sp³-hybridized carbons (Fsp3) is 0.447. The lowest BCUT2D eigenvalue weighted by atomic mass is 9.88. The Morgan fingerprint density at radius 1 is 1.10 bits per heavy atom. The van der Waals surface area contributed by atoms with E-state index in [4.69, 9.17) is 35.5 Å². The highest BCUT2D eigenvalue weighted by atomic mass is 35.5. The number of carbonyl (C=O) groups is 2. The van der Waals surface area contributed by atoms with Gasteiger partial charge in [-0.05, 0) is 102 Å². The summed E-state index contributed by atoms with van der Waals surface area (Å²) in [6.07, 6.45) is 2.24. The van der Waals surface area contributed by atoms with Crippen LogP contribution in [0.4, 0.5) is 9.18 Å². The molecular weight excluding hydrogens is 677 g/mol. The van der Waals surface area contributed by atoms with E-state index >= 15 is 0 Å². The molecule has 1 N–H and O–H groups in total. The largest absolute Gasteiger partial charge is 0.444 e. The number of ether oxygens (including phenoxy) is 4. The smallest absolute Gasteiger partial charge is 0.428 e. The number of fused-ring (bicyclic) bond motifs is 2. The first-order chi connectivity index (χ1) is 24.3. The van der Waals surface area contributed by atoms with Crippen LogP contribution in [-0.2, 0) is 28.4 Å². The van der Waals surface area contributed by atoms with E-state index in [9.17, 15) is 14.0 Å². The molecule has 4 heterocycles. The molecule has 13 heteroatoms. The van der Waals surface area contributed by atoms with Gasteiger partial charge in [-0.15, -0.1) is 0 Å². The number of rotatable bonds is 7. The number of hydrazine groups is 1. The van der Waals surface area contributed by atoms with Gasteiger partial charge in [0.05, 0.1) is 35.8 Å². The minimum atomic E-state index is -1.30. The molecule has 3 aliphatic heterocycles. The summed E-state index contributed by atoms with van der Waals surface area (Å²) in [5.41, 5.74) is 5.25. The van der Waals surface area contributed by atoms with Crippen molar-refractivity contribution < 1.29 is 32.9 Å². The van der Waals surface area contributed by atoms with Crippen molar-refractivity contribution >= 4 is 34.6 Å². The zero-order chi connectivity index (χ0) is 36.1. The van der Waals surface area contributed by atoms with E-state index in [0.29, 0.717) is 46.3 Å². The molecule has 2 fully saturated rings. The Kier molecular flexibility index (Phi) is 9.36. The number of hydrogen-bond donors (Lipinski definition) is 1. The summed E-state index contributed by atoms with van der Waals surface area (Å²) in [6.45, 7) is 10.8. The normalized spacial score (nSPS) is 20.6. The number of amides is 2. The van der Waals surface area contributed by atoms with Gasteiger partial charge in [0, 0.05) is 36.7 Å². The van der Waals surface area contributed by atoms with Crippen LogP contribution >= 0.6 is 11.6 Å².